The van der Waals surface area contributed by atoms with Crippen LogP contribution in [-0.2, 0) is 0 Å². The smallest absolute Gasteiger partial charge is 0.0852 e. The molecule has 0 aliphatic heterocycles. The van der Waals surface area contributed by atoms with E-state index in [0.717, 1.165) is 23.8 Å². The van der Waals surface area contributed by atoms with Crippen LogP contribution < -0.4 is 15.9 Å². The van der Waals surface area contributed by atoms with E-state index in [4.69, 9.17) is 0 Å². The third-order valence-corrected chi connectivity index (χ3v) is 9.05. The second-order valence-corrected chi connectivity index (χ2v) is 10.00. The molecule has 1 N–H and O–H groups in total. The van der Waals surface area contributed by atoms with E-state index in [1.165, 1.54) is 0 Å². The largest absolute Gasteiger partial charge is 0.363 e. The zero-order valence-corrected chi connectivity index (χ0v) is 13.3. The van der Waals surface area contributed by atoms with Crippen molar-refractivity contribution in [2.75, 3.05) is 0 Å². The van der Waals surface area contributed by atoms with Crippen molar-refractivity contribution in [1.82, 2.24) is 0 Å². The van der Waals surface area contributed by atoms with Crippen LogP contribution in [0.3, 0.4) is 0 Å². The van der Waals surface area contributed by atoms with E-state index in [0.29, 0.717) is 0 Å². The molecular weight excluding hydrogens is 294 g/mol. The van der Waals surface area contributed by atoms with Gasteiger partial charge in [-0.15, -0.1) is 0 Å². The highest BCUT2D eigenvalue weighted by Gasteiger charge is 2.19. The second-order valence-electron chi connectivity index (χ2n) is 4.71. The highest BCUT2D eigenvalue weighted by atomic mass is 31.8. The zero-order valence-electron chi connectivity index (χ0n) is 11.5. The molecule has 0 aliphatic rings. The summed E-state index contributed by atoms with van der Waals surface area (Å²) in [5, 5.41) is 3.17. The van der Waals surface area contributed by atoms with Crippen LogP contribution in [0, 0.1) is 0 Å². The number of hydrogen-bond acceptors (Lipinski definition) is 0. The van der Waals surface area contributed by atoms with E-state index in [9.17, 15) is 4.89 Å². The lowest BCUT2D eigenvalue weighted by molar-refractivity contribution is 0.642. The van der Waals surface area contributed by atoms with Gasteiger partial charge in [0.2, 0.25) is 0 Å². The Kier molecular flexibility index (Phi) is 4.36. The fourth-order valence-corrected chi connectivity index (χ4v) is 7.44. The quantitative estimate of drug-likeness (QED) is 0.731. The third kappa shape index (κ3) is 3.17. The third-order valence-electron chi connectivity index (χ3n) is 3.25. The van der Waals surface area contributed by atoms with Crippen molar-refractivity contribution in [1.29, 1.82) is 0 Å². The minimum absolute atomic E-state index is 0.967. The van der Waals surface area contributed by atoms with Crippen molar-refractivity contribution in [2.24, 2.45) is 0 Å². The van der Waals surface area contributed by atoms with Gasteiger partial charge in [-0.05, 0) is 7.87 Å². The van der Waals surface area contributed by atoms with Crippen LogP contribution in [-0.4, -0.2) is 4.89 Å². The fraction of sp³-hybridized carbons (Fsp3) is 0. The van der Waals surface area contributed by atoms with Gasteiger partial charge in [-0.1, -0.05) is 91.0 Å². The molecule has 0 spiro atoms. The van der Waals surface area contributed by atoms with E-state index < -0.39 is 6.78 Å². The van der Waals surface area contributed by atoms with Gasteiger partial charge in [0, 0.05) is 15.9 Å². The molecule has 0 amide bonds. The summed E-state index contributed by atoms with van der Waals surface area (Å²) in [5.41, 5.74) is 0. The standard InChI is InChI=1S/C18H16OP2/c19-21(17-12-6-2-7-13-17,18-14-8-3-9-15-18)20-16-10-4-1-5-11-16/h1-15,19H. The van der Waals surface area contributed by atoms with E-state index in [1.807, 2.05) is 78.9 Å². The molecule has 0 atom stereocenters. The Labute approximate surface area is 127 Å². The molecule has 0 bridgehead atoms. The average molecular weight is 310 g/mol. The molecular formula is C18H16OP2. The van der Waals surface area contributed by atoms with E-state index in [-0.39, 0.29) is 0 Å². The monoisotopic (exact) mass is 310 g/mol. The van der Waals surface area contributed by atoms with Crippen molar-refractivity contribution in [3.8, 4) is 0 Å². The number of benzene rings is 3. The summed E-state index contributed by atoms with van der Waals surface area (Å²) in [7, 11) is 0.967. The average Bonchev–Trinajstić information content (AvgIpc) is 2.57. The van der Waals surface area contributed by atoms with E-state index in [1.54, 1.807) is 0 Å². The molecule has 0 saturated heterocycles. The van der Waals surface area contributed by atoms with Gasteiger partial charge in [-0.25, -0.2) is 0 Å². The topological polar surface area (TPSA) is 20.2 Å². The Bertz CT molecular complexity index is 709. The molecule has 3 rings (SSSR count). The zero-order chi connectivity index (χ0) is 14.5. The molecule has 0 aliphatic carbocycles. The first-order valence-corrected chi connectivity index (χ1v) is 10.1. The molecule has 3 aromatic rings. The minimum Gasteiger partial charge on any atom is -0.363 e. The van der Waals surface area contributed by atoms with Gasteiger partial charge in [0.1, 0.15) is 0 Å². The van der Waals surface area contributed by atoms with Crippen molar-refractivity contribution < 1.29 is 4.89 Å². The first-order valence-electron chi connectivity index (χ1n) is 6.80. The molecule has 0 aromatic heterocycles. The number of hydrogen-bond donors (Lipinski definition) is 1. The van der Waals surface area contributed by atoms with Gasteiger partial charge in [0.25, 0.3) is 0 Å². The summed E-state index contributed by atoms with van der Waals surface area (Å²) in [6.45, 7) is -2.42. The molecule has 1 nitrogen and oxygen atoms in total. The lowest BCUT2D eigenvalue weighted by Gasteiger charge is -2.20. The van der Waals surface area contributed by atoms with Gasteiger partial charge in [-0.2, -0.15) is 0 Å². The van der Waals surface area contributed by atoms with Crippen LogP contribution in [0.1, 0.15) is 0 Å². The van der Waals surface area contributed by atoms with Crippen LogP contribution in [0.5, 0.6) is 0 Å². The van der Waals surface area contributed by atoms with Crippen LogP contribution >= 0.6 is 14.6 Å². The molecule has 0 unspecified atom stereocenters. The summed E-state index contributed by atoms with van der Waals surface area (Å²) >= 11 is 0. The van der Waals surface area contributed by atoms with Gasteiger partial charge < -0.3 is 4.89 Å². The fourth-order valence-electron chi connectivity index (χ4n) is 2.20. The van der Waals surface area contributed by atoms with Crippen molar-refractivity contribution in [3.05, 3.63) is 91.0 Å². The van der Waals surface area contributed by atoms with E-state index in [2.05, 4.69) is 12.1 Å². The van der Waals surface area contributed by atoms with Gasteiger partial charge >= 0.3 is 0 Å². The van der Waals surface area contributed by atoms with Crippen molar-refractivity contribution in [2.45, 2.75) is 0 Å². The second kappa shape index (κ2) is 6.41. The van der Waals surface area contributed by atoms with Gasteiger partial charge in [0.15, 0.2) is 0 Å². The molecule has 0 radical (unpaired) electrons. The van der Waals surface area contributed by atoms with Gasteiger partial charge in [-0.3, -0.25) is 0 Å². The van der Waals surface area contributed by atoms with E-state index >= 15 is 0 Å². The molecule has 104 valence electrons. The van der Waals surface area contributed by atoms with Crippen molar-refractivity contribution in [3.63, 3.8) is 0 Å². The first kappa shape index (κ1) is 14.3. The molecule has 21 heavy (non-hydrogen) atoms. The number of rotatable bonds is 3. The molecule has 0 heterocycles. The molecule has 0 saturated carbocycles. The maximum absolute atomic E-state index is 11.5. The SMILES string of the molecule is OP(=Pc1ccccc1)(c1ccccc1)c1ccccc1. The Morgan fingerprint density at radius 3 is 1.38 bits per heavy atom. The maximum Gasteiger partial charge on any atom is 0.0852 e. The summed E-state index contributed by atoms with van der Waals surface area (Å²) in [5.74, 6) is 0. The Hall–Kier alpha value is -1.65. The Morgan fingerprint density at radius 1 is 0.571 bits per heavy atom. The van der Waals surface area contributed by atoms with Crippen molar-refractivity contribution >= 4 is 30.6 Å². The van der Waals surface area contributed by atoms with Gasteiger partial charge in [0.05, 0.1) is 6.78 Å². The highest BCUT2D eigenvalue weighted by Crippen LogP contribution is 2.50. The maximum atomic E-state index is 11.5. The van der Waals surface area contributed by atoms with Crippen LogP contribution in [0.15, 0.2) is 91.0 Å². The normalized spacial score (nSPS) is 11.5. The summed E-state index contributed by atoms with van der Waals surface area (Å²) < 4.78 is 0. The molecule has 0 fully saturated rings. The molecule has 3 heteroatoms. The Morgan fingerprint density at radius 2 is 0.952 bits per heavy atom. The summed E-state index contributed by atoms with van der Waals surface area (Å²) in [6.07, 6.45) is 0. The lowest BCUT2D eigenvalue weighted by atomic mass is 10.4. The highest BCUT2D eigenvalue weighted by molar-refractivity contribution is 8.12. The summed E-state index contributed by atoms with van der Waals surface area (Å²) in [4.78, 5) is 11.5. The predicted octanol–water partition coefficient (Wildman–Crippen LogP) is 3.75. The first-order chi connectivity index (χ1) is 10.3. The van der Waals surface area contributed by atoms with Crippen LogP contribution in [0.4, 0.5) is 0 Å². The molecule has 3 aromatic carbocycles. The van der Waals surface area contributed by atoms with Crippen LogP contribution in [0.2, 0.25) is 0 Å². The summed E-state index contributed by atoms with van der Waals surface area (Å²) in [6, 6.07) is 30.2. The van der Waals surface area contributed by atoms with Crippen LogP contribution in [0.25, 0.3) is 0 Å². The lowest BCUT2D eigenvalue weighted by Crippen LogP contribution is -2.14. The Balaban J connectivity index is 2.24. The predicted molar refractivity (Wildman–Crippen MR) is 94.3 cm³/mol. The minimum atomic E-state index is -2.42.